The fraction of sp³-hybridized carbons (Fsp3) is 0.0333. The number of para-hydroxylation sites is 3. The van der Waals surface area contributed by atoms with Crippen molar-refractivity contribution in [3.63, 3.8) is 0 Å². The van der Waals surface area contributed by atoms with E-state index < -0.39 is 0 Å². The fourth-order valence-corrected chi connectivity index (χ4v) is 4.51. The number of pyridine rings is 1. The van der Waals surface area contributed by atoms with E-state index in [4.69, 9.17) is 0 Å². The summed E-state index contributed by atoms with van der Waals surface area (Å²) in [4.78, 5) is 6.97. The molecule has 6 rings (SSSR count). The summed E-state index contributed by atoms with van der Waals surface area (Å²) in [6.07, 6.45) is 8.69. The summed E-state index contributed by atoms with van der Waals surface area (Å²) in [5.41, 5.74) is 8.04. The predicted octanol–water partition coefficient (Wildman–Crippen LogP) is 6.97. The molecule has 3 nitrogen and oxygen atoms in total. The third kappa shape index (κ3) is 3.64. The van der Waals surface area contributed by atoms with Crippen LogP contribution >= 0.6 is 0 Å². The van der Waals surface area contributed by atoms with E-state index in [1.807, 2.05) is 0 Å². The van der Waals surface area contributed by atoms with Gasteiger partial charge in [-0.1, -0.05) is 54.6 Å². The Hall–Kier alpha value is -4.37. The molecule has 0 fully saturated rings. The first-order valence-electron chi connectivity index (χ1n) is 11.2. The monoisotopic (exact) mass is 426 g/mol. The van der Waals surface area contributed by atoms with Crippen molar-refractivity contribution in [3.05, 3.63) is 114 Å². The lowest BCUT2D eigenvalue weighted by Crippen LogP contribution is -2.33. The van der Waals surface area contributed by atoms with Gasteiger partial charge < -0.3 is 9.97 Å². The maximum absolute atomic E-state index is 3.49. The normalized spacial score (nSPS) is 12.2. The number of H-pyrrole nitrogens is 2. The Balaban J connectivity index is 1.41. The number of fused-ring (bicyclic) bond motifs is 3. The van der Waals surface area contributed by atoms with Gasteiger partial charge in [0.25, 0.3) is 0 Å². The van der Waals surface area contributed by atoms with E-state index in [0.29, 0.717) is 0 Å². The van der Waals surface area contributed by atoms with Crippen LogP contribution in [0.1, 0.15) is 22.6 Å². The quantitative estimate of drug-likeness (QED) is 0.286. The summed E-state index contributed by atoms with van der Waals surface area (Å²) < 4.78 is 2.24. The van der Waals surface area contributed by atoms with E-state index in [9.17, 15) is 0 Å². The number of aromatic nitrogens is 3. The van der Waals surface area contributed by atoms with Gasteiger partial charge in [-0.25, -0.2) is 0 Å². The molecule has 3 heterocycles. The second-order valence-corrected chi connectivity index (χ2v) is 8.39. The lowest BCUT2D eigenvalue weighted by atomic mass is 10.1. The highest BCUT2D eigenvalue weighted by Crippen LogP contribution is 2.22. The van der Waals surface area contributed by atoms with Crippen molar-refractivity contribution in [1.29, 1.82) is 0 Å². The molecule has 0 amide bonds. The van der Waals surface area contributed by atoms with Crippen LogP contribution in [0.15, 0.2) is 91.0 Å². The highest BCUT2D eigenvalue weighted by Gasteiger charge is 2.13. The topological polar surface area (TPSA) is 35.5 Å². The van der Waals surface area contributed by atoms with Crippen molar-refractivity contribution in [1.82, 2.24) is 9.97 Å². The van der Waals surface area contributed by atoms with Crippen LogP contribution in [-0.4, -0.2) is 9.97 Å². The number of benzene rings is 3. The molecule has 33 heavy (non-hydrogen) atoms. The van der Waals surface area contributed by atoms with Gasteiger partial charge >= 0.3 is 0 Å². The first-order chi connectivity index (χ1) is 16.2. The van der Waals surface area contributed by atoms with E-state index in [1.165, 1.54) is 27.2 Å². The van der Waals surface area contributed by atoms with E-state index in [2.05, 4.69) is 137 Å². The van der Waals surface area contributed by atoms with Gasteiger partial charge in [-0.2, -0.15) is 4.57 Å². The maximum Gasteiger partial charge on any atom is 0.213 e. The first kappa shape index (κ1) is 19.3. The third-order valence-electron chi connectivity index (χ3n) is 6.24. The Morgan fingerprint density at radius 1 is 0.606 bits per heavy atom. The van der Waals surface area contributed by atoms with Crippen LogP contribution in [0.4, 0.5) is 0 Å². The van der Waals surface area contributed by atoms with Crippen molar-refractivity contribution in [2.24, 2.45) is 7.05 Å². The van der Waals surface area contributed by atoms with E-state index >= 15 is 0 Å². The number of aryl methyl sites for hydroxylation is 1. The zero-order valence-electron chi connectivity index (χ0n) is 18.4. The molecule has 3 aromatic heterocycles. The standard InChI is InChI=1S/C30H23N3/c1-33-26(17-16-25-19-23-9-3-6-12-29(23)32-25)20-21(27-10-4-7-13-30(27)33)14-15-24-18-22-8-2-5-11-28(22)31-24/h2-20H,1H3,(H,31,32)/p+1. The zero-order chi connectivity index (χ0) is 22.2. The van der Waals surface area contributed by atoms with Crippen LogP contribution in [-0.2, 0) is 7.05 Å². The molecular formula is C30H24N3+. The van der Waals surface area contributed by atoms with Crippen molar-refractivity contribution in [2.45, 2.75) is 0 Å². The summed E-state index contributed by atoms with van der Waals surface area (Å²) in [5.74, 6) is 0. The Kier molecular flexibility index (Phi) is 4.66. The van der Waals surface area contributed by atoms with E-state index in [0.717, 1.165) is 28.1 Å². The lowest BCUT2D eigenvalue weighted by Gasteiger charge is -2.04. The Bertz CT molecular complexity index is 1610. The molecule has 0 radical (unpaired) electrons. The summed E-state index contributed by atoms with van der Waals surface area (Å²) >= 11 is 0. The van der Waals surface area contributed by atoms with Crippen LogP contribution in [0.2, 0.25) is 0 Å². The highest BCUT2D eigenvalue weighted by molar-refractivity contribution is 5.91. The first-order valence-corrected chi connectivity index (χ1v) is 11.2. The molecular weight excluding hydrogens is 402 g/mol. The van der Waals surface area contributed by atoms with Gasteiger partial charge in [0.15, 0.2) is 0 Å². The second-order valence-electron chi connectivity index (χ2n) is 8.39. The molecule has 0 aliphatic carbocycles. The van der Waals surface area contributed by atoms with E-state index in [-0.39, 0.29) is 0 Å². The molecule has 6 aromatic rings. The van der Waals surface area contributed by atoms with Gasteiger partial charge in [-0.05, 0) is 58.8 Å². The number of hydrogen-bond acceptors (Lipinski definition) is 0. The van der Waals surface area contributed by atoms with E-state index in [1.54, 1.807) is 0 Å². The summed E-state index contributed by atoms with van der Waals surface area (Å²) in [6, 6.07) is 31.9. The summed E-state index contributed by atoms with van der Waals surface area (Å²) in [7, 11) is 2.12. The average molecular weight is 427 g/mol. The minimum Gasteiger partial charge on any atom is -0.355 e. The van der Waals surface area contributed by atoms with Crippen molar-refractivity contribution >= 4 is 57.0 Å². The van der Waals surface area contributed by atoms with Gasteiger partial charge in [-0.15, -0.1) is 0 Å². The minimum atomic E-state index is 1.10. The molecule has 0 unspecified atom stereocenters. The third-order valence-corrected chi connectivity index (χ3v) is 6.24. The largest absolute Gasteiger partial charge is 0.355 e. The van der Waals surface area contributed by atoms with Crippen LogP contribution in [0.3, 0.4) is 0 Å². The van der Waals surface area contributed by atoms with Gasteiger partial charge in [0, 0.05) is 40.6 Å². The van der Waals surface area contributed by atoms with Crippen LogP contribution in [0.25, 0.3) is 57.0 Å². The molecule has 0 aliphatic rings. The summed E-state index contributed by atoms with van der Waals surface area (Å²) in [6.45, 7) is 0. The molecule has 0 saturated carbocycles. The second kappa shape index (κ2) is 7.95. The highest BCUT2D eigenvalue weighted by atomic mass is 14.9. The van der Waals surface area contributed by atoms with Crippen molar-refractivity contribution < 1.29 is 4.57 Å². The van der Waals surface area contributed by atoms with Crippen molar-refractivity contribution in [3.8, 4) is 0 Å². The van der Waals surface area contributed by atoms with Crippen molar-refractivity contribution in [2.75, 3.05) is 0 Å². The predicted molar refractivity (Wildman–Crippen MR) is 140 cm³/mol. The fourth-order valence-electron chi connectivity index (χ4n) is 4.51. The summed E-state index contributed by atoms with van der Waals surface area (Å²) in [5, 5.41) is 3.68. The van der Waals surface area contributed by atoms with Gasteiger partial charge in [0.1, 0.15) is 7.05 Å². The molecule has 3 aromatic carbocycles. The van der Waals surface area contributed by atoms with Crippen LogP contribution < -0.4 is 4.57 Å². The number of rotatable bonds is 4. The van der Waals surface area contributed by atoms with Gasteiger partial charge in [0.05, 0.1) is 5.39 Å². The van der Waals surface area contributed by atoms with Gasteiger partial charge in [0.2, 0.25) is 11.2 Å². The number of hydrogen-bond donors (Lipinski definition) is 2. The molecule has 0 spiro atoms. The van der Waals surface area contributed by atoms with Gasteiger partial charge in [-0.3, -0.25) is 0 Å². The SMILES string of the molecule is C[n+]1c(C=Cc2cc3ccccc3[nH]2)cc(C=Cc2cc3ccccc3[nH]2)c2ccccc21. The van der Waals surface area contributed by atoms with Crippen LogP contribution in [0, 0.1) is 0 Å². The smallest absolute Gasteiger partial charge is 0.213 e. The molecule has 0 aliphatic heterocycles. The molecule has 0 bridgehead atoms. The zero-order valence-corrected chi connectivity index (χ0v) is 18.4. The lowest BCUT2D eigenvalue weighted by molar-refractivity contribution is -0.646. The number of aromatic amines is 2. The Morgan fingerprint density at radius 3 is 1.85 bits per heavy atom. The van der Waals surface area contributed by atoms with Crippen LogP contribution in [0.5, 0.6) is 0 Å². The maximum atomic E-state index is 3.49. The minimum absolute atomic E-state index is 1.10. The average Bonchev–Trinajstić information content (AvgIpc) is 3.46. The molecule has 158 valence electrons. The number of nitrogens with one attached hydrogen (secondary N) is 2. The molecule has 2 N–H and O–H groups in total. The molecule has 0 saturated heterocycles. The molecule has 3 heteroatoms. The Morgan fingerprint density at radius 2 is 1.18 bits per heavy atom. The number of nitrogens with zero attached hydrogens (tertiary/aromatic N) is 1. The Labute approximate surface area is 192 Å². The molecule has 0 atom stereocenters.